The van der Waals surface area contributed by atoms with Gasteiger partial charge in [-0.3, -0.25) is 29.3 Å². The molecule has 11 nitrogen and oxygen atoms in total. The van der Waals surface area contributed by atoms with Crippen LogP contribution in [-0.4, -0.2) is 46.9 Å². The fourth-order valence-corrected chi connectivity index (χ4v) is 15.2. The standard InChI is InChI=1S/C40H38BNO4.C40H30N2O4/c1-21(2)23-11-9-12-24(22(3)4)36(23)42-37(43)30-17-15-27-25-13-10-14-29-32(41-45-39(5,6)40(7,8)46-41)20-19-26(33(25)29)28-16-18-31(38(42)44)35(30)34(27)28;1-21(2)23-10-7-11-24(22(3)4)38(23)41-39(43)32-19-17-30-28-13-8-12-27-25(26-9-5-6-14-34(26)42(45)46)15-16-29(35(27)28)31-18-20-33(40(41)44)37(32)36(30)31/h9-22H,1-8H3;5-22H,1-4H3. The molecule has 3 heterocycles. The minimum atomic E-state index is -0.489. The summed E-state index contributed by atoms with van der Waals surface area (Å²) in [6.45, 7) is 25.1. The molecule has 13 aromatic rings. The molecule has 4 amide bonds. The Morgan fingerprint density at radius 1 is 0.348 bits per heavy atom. The normalized spacial score (nSPS) is 15.5. The summed E-state index contributed by atoms with van der Waals surface area (Å²) >= 11 is 0. The van der Waals surface area contributed by atoms with Gasteiger partial charge in [0.25, 0.3) is 29.3 Å². The third kappa shape index (κ3) is 8.28. The summed E-state index contributed by atoms with van der Waals surface area (Å²) < 4.78 is 13.0. The number of imide groups is 2. The summed E-state index contributed by atoms with van der Waals surface area (Å²) in [5, 5.41) is 27.4. The summed E-state index contributed by atoms with van der Waals surface area (Å²) in [6.07, 6.45) is 0. The molecule has 12 heteroatoms. The van der Waals surface area contributed by atoms with E-state index >= 15 is 0 Å². The maximum absolute atomic E-state index is 14.5. The molecule has 1 saturated heterocycles. The first-order chi connectivity index (χ1) is 44.0. The van der Waals surface area contributed by atoms with E-state index in [1.807, 2.05) is 103 Å². The Balaban J connectivity index is 0.000000153. The number of nitrogens with zero attached hydrogens (tertiary/aromatic N) is 3. The second kappa shape index (κ2) is 20.8. The number of anilines is 2. The number of benzene rings is 13. The third-order valence-electron chi connectivity index (χ3n) is 20.4. The molecule has 0 N–H and O–H groups in total. The van der Waals surface area contributed by atoms with Gasteiger partial charge < -0.3 is 9.31 Å². The van der Waals surface area contributed by atoms with Gasteiger partial charge in [0.1, 0.15) is 0 Å². The zero-order valence-corrected chi connectivity index (χ0v) is 53.7. The minimum absolute atomic E-state index is 0.0548. The largest absolute Gasteiger partial charge is 0.495 e. The van der Waals surface area contributed by atoms with Crippen molar-refractivity contribution < 1.29 is 33.4 Å². The molecule has 16 rings (SSSR count). The van der Waals surface area contributed by atoms with Gasteiger partial charge in [0.05, 0.1) is 33.1 Å². The Kier molecular flexibility index (Phi) is 13.2. The highest BCUT2D eigenvalue weighted by molar-refractivity contribution is 6.66. The Morgan fingerprint density at radius 3 is 1.05 bits per heavy atom. The molecule has 0 saturated carbocycles. The maximum atomic E-state index is 14.5. The average molecular weight is 1210 g/mol. The van der Waals surface area contributed by atoms with Gasteiger partial charge in [-0.2, -0.15) is 0 Å². The van der Waals surface area contributed by atoms with Gasteiger partial charge in [-0.05, 0) is 190 Å². The quantitative estimate of drug-likeness (QED) is 0.0348. The monoisotopic (exact) mass is 1210 g/mol. The van der Waals surface area contributed by atoms with Gasteiger partial charge in [0.2, 0.25) is 0 Å². The molecule has 454 valence electrons. The Bertz CT molecular complexity index is 5200. The number of hydrogen-bond acceptors (Lipinski definition) is 8. The first kappa shape index (κ1) is 58.5. The first-order valence-corrected chi connectivity index (χ1v) is 32.0. The van der Waals surface area contributed by atoms with Gasteiger partial charge in [-0.1, -0.05) is 189 Å². The Labute approximate surface area is 533 Å². The van der Waals surface area contributed by atoms with E-state index in [1.54, 1.807) is 12.1 Å². The molecule has 0 spiro atoms. The van der Waals surface area contributed by atoms with Gasteiger partial charge in [-0.15, -0.1) is 0 Å². The van der Waals surface area contributed by atoms with Crippen molar-refractivity contribution in [2.75, 3.05) is 9.80 Å². The lowest BCUT2D eigenvalue weighted by Crippen LogP contribution is -2.41. The molecule has 92 heavy (non-hydrogen) atoms. The fraction of sp³-hybridized carbons (Fsp3) is 0.225. The van der Waals surface area contributed by atoms with Crippen molar-refractivity contribution in [2.24, 2.45) is 0 Å². The molecule has 0 atom stereocenters. The number of amides is 4. The average Bonchev–Trinajstić information content (AvgIpc) is 0.764. The molecule has 0 aromatic heterocycles. The number of rotatable bonds is 9. The first-order valence-electron chi connectivity index (χ1n) is 32.0. The van der Waals surface area contributed by atoms with Crippen molar-refractivity contribution in [3.05, 3.63) is 224 Å². The van der Waals surface area contributed by atoms with Crippen LogP contribution in [0.1, 0.15) is 170 Å². The number of fused-ring (bicyclic) bond motifs is 4. The van der Waals surface area contributed by atoms with Crippen LogP contribution in [0, 0.1) is 10.1 Å². The van der Waals surface area contributed by atoms with Crippen LogP contribution in [0.2, 0.25) is 0 Å². The van der Waals surface area contributed by atoms with Crippen LogP contribution in [0.3, 0.4) is 0 Å². The van der Waals surface area contributed by atoms with E-state index in [4.69, 9.17) is 9.31 Å². The van der Waals surface area contributed by atoms with E-state index in [-0.39, 0.29) is 57.9 Å². The Hall–Kier alpha value is -9.88. The van der Waals surface area contributed by atoms with Crippen molar-refractivity contribution in [1.82, 2.24) is 0 Å². The zero-order valence-electron chi connectivity index (χ0n) is 53.7. The van der Waals surface area contributed by atoms with Crippen LogP contribution in [0.15, 0.2) is 170 Å². The van der Waals surface area contributed by atoms with Crippen molar-refractivity contribution in [1.29, 1.82) is 0 Å². The lowest BCUT2D eigenvalue weighted by atomic mass is 9.74. The molecule has 0 unspecified atom stereocenters. The second-order valence-corrected chi connectivity index (χ2v) is 27.4. The van der Waals surface area contributed by atoms with E-state index in [0.717, 1.165) is 120 Å². The lowest BCUT2D eigenvalue weighted by molar-refractivity contribution is -0.384. The Morgan fingerprint density at radius 2 is 0.663 bits per heavy atom. The fourth-order valence-electron chi connectivity index (χ4n) is 15.2. The molecule has 13 aromatic carbocycles. The third-order valence-corrected chi connectivity index (χ3v) is 20.4. The van der Waals surface area contributed by atoms with Gasteiger partial charge in [0, 0.05) is 39.1 Å². The molecule has 1 fully saturated rings. The van der Waals surface area contributed by atoms with Crippen LogP contribution in [0.25, 0.3) is 97.3 Å². The number of hydrogen-bond donors (Lipinski definition) is 0. The summed E-state index contributed by atoms with van der Waals surface area (Å²) in [4.78, 5) is 72.4. The van der Waals surface area contributed by atoms with E-state index < -0.39 is 18.3 Å². The SMILES string of the molecule is CC(C)c1cccc(C(C)C)c1N1C(=O)c2ccc3c4cccc5c(-c6ccccc6[N+](=O)[O-])ccc(c6ccc(c2c36)C1=O)c54.CC(C)c1cccc(C(C)C)c1N1C(=O)c2ccc3c4cccc5c(B6OC(C)(C)C(C)(C)O6)ccc(c6ccc(c2c36)C1=O)c54. The van der Waals surface area contributed by atoms with Crippen molar-refractivity contribution in [3.63, 3.8) is 0 Å². The topological polar surface area (TPSA) is 136 Å². The number of nitro groups is 1. The molecule has 3 aliphatic heterocycles. The second-order valence-electron chi connectivity index (χ2n) is 27.4. The van der Waals surface area contributed by atoms with Crippen LogP contribution in [-0.2, 0) is 9.31 Å². The molecule has 0 aliphatic carbocycles. The zero-order chi connectivity index (χ0) is 64.5. The summed E-state index contributed by atoms with van der Waals surface area (Å²) in [7, 11) is -0.489. The molecule has 0 bridgehead atoms. The molecule has 3 aliphatic rings. The van der Waals surface area contributed by atoms with Gasteiger partial charge in [0.15, 0.2) is 0 Å². The highest BCUT2D eigenvalue weighted by Crippen LogP contribution is 2.50. The van der Waals surface area contributed by atoms with Gasteiger partial charge >= 0.3 is 7.12 Å². The number of para-hydroxylation sites is 3. The number of carbonyl (C=O) groups excluding carboxylic acids is 4. The predicted octanol–water partition coefficient (Wildman–Crippen LogP) is 19.4. The highest BCUT2D eigenvalue weighted by Gasteiger charge is 2.52. The summed E-state index contributed by atoms with van der Waals surface area (Å²) in [5.41, 5.74) is 9.01. The maximum Gasteiger partial charge on any atom is 0.495 e. The lowest BCUT2D eigenvalue weighted by Gasteiger charge is -2.32. The molecule has 0 radical (unpaired) electrons. The van der Waals surface area contributed by atoms with Crippen molar-refractivity contribution in [3.8, 4) is 11.1 Å². The van der Waals surface area contributed by atoms with Crippen molar-refractivity contribution >= 4 is 139 Å². The summed E-state index contributed by atoms with van der Waals surface area (Å²) in [6, 6.07) is 55.2. The number of nitro benzene ring substituents is 1. The highest BCUT2D eigenvalue weighted by atomic mass is 16.7. The van der Waals surface area contributed by atoms with Gasteiger partial charge in [-0.25, -0.2) is 9.80 Å². The van der Waals surface area contributed by atoms with E-state index in [2.05, 4.69) is 132 Å². The van der Waals surface area contributed by atoms with Crippen LogP contribution < -0.4 is 15.3 Å². The molecular weight excluding hydrogens is 1140 g/mol. The van der Waals surface area contributed by atoms with Crippen molar-refractivity contribution in [2.45, 2.75) is 118 Å². The predicted molar refractivity (Wildman–Crippen MR) is 375 cm³/mol. The smallest absolute Gasteiger partial charge is 0.399 e. The number of carbonyl (C=O) groups is 4. The molecular formula is C80H68BN3O8. The van der Waals surface area contributed by atoms with E-state index in [9.17, 15) is 29.3 Å². The van der Waals surface area contributed by atoms with E-state index in [0.29, 0.717) is 38.9 Å². The van der Waals surface area contributed by atoms with E-state index in [1.165, 1.54) is 15.9 Å². The van der Waals surface area contributed by atoms with Crippen LogP contribution in [0.4, 0.5) is 17.1 Å². The van der Waals surface area contributed by atoms with Crippen LogP contribution in [0.5, 0.6) is 0 Å². The minimum Gasteiger partial charge on any atom is -0.399 e. The summed E-state index contributed by atoms with van der Waals surface area (Å²) in [5.74, 6) is -0.641. The van der Waals surface area contributed by atoms with Crippen LogP contribution >= 0.6 is 0 Å².